The van der Waals surface area contributed by atoms with Gasteiger partial charge in [0.2, 0.25) is 5.91 Å². The van der Waals surface area contributed by atoms with Crippen LogP contribution in [-0.4, -0.2) is 30.5 Å². The molecular formula is C17H20N6O2. The second-order valence-corrected chi connectivity index (χ2v) is 6.04. The summed E-state index contributed by atoms with van der Waals surface area (Å²) in [7, 11) is 1.81. The second-order valence-electron chi connectivity index (χ2n) is 6.04. The fourth-order valence-corrected chi connectivity index (χ4v) is 2.52. The SMILES string of the molecule is CC(C)n1ncc2cc(C=CC(=O)NCc3ccnn3C)c(=O)[nH]c21. The van der Waals surface area contributed by atoms with Gasteiger partial charge in [0.05, 0.1) is 18.4 Å². The largest absolute Gasteiger partial charge is 0.347 e. The number of aryl methyl sites for hydroxylation is 1. The molecule has 0 atom stereocenters. The third kappa shape index (κ3) is 3.52. The van der Waals surface area contributed by atoms with E-state index in [0.717, 1.165) is 11.1 Å². The predicted octanol–water partition coefficient (Wildman–Crippen LogP) is 1.37. The molecule has 0 bridgehead atoms. The van der Waals surface area contributed by atoms with Crippen molar-refractivity contribution in [3.8, 4) is 0 Å². The van der Waals surface area contributed by atoms with Crippen LogP contribution in [0.2, 0.25) is 0 Å². The van der Waals surface area contributed by atoms with E-state index in [2.05, 4.69) is 20.5 Å². The molecule has 8 nitrogen and oxygen atoms in total. The lowest BCUT2D eigenvalue weighted by Gasteiger charge is -2.06. The predicted molar refractivity (Wildman–Crippen MR) is 94.8 cm³/mol. The van der Waals surface area contributed by atoms with Crippen molar-refractivity contribution >= 4 is 23.0 Å². The van der Waals surface area contributed by atoms with Gasteiger partial charge < -0.3 is 10.3 Å². The highest BCUT2D eigenvalue weighted by molar-refractivity contribution is 5.92. The van der Waals surface area contributed by atoms with Crippen LogP contribution in [0.15, 0.2) is 35.4 Å². The smallest absolute Gasteiger partial charge is 0.256 e. The van der Waals surface area contributed by atoms with Crippen LogP contribution in [0.25, 0.3) is 17.1 Å². The maximum atomic E-state index is 12.2. The molecule has 8 heteroatoms. The van der Waals surface area contributed by atoms with Crippen molar-refractivity contribution in [2.24, 2.45) is 7.05 Å². The van der Waals surface area contributed by atoms with Crippen molar-refractivity contribution in [2.45, 2.75) is 26.4 Å². The Labute approximate surface area is 144 Å². The molecule has 1 amide bonds. The molecule has 3 aromatic rings. The molecule has 0 saturated carbocycles. The van der Waals surface area contributed by atoms with E-state index in [0.29, 0.717) is 17.8 Å². The fraction of sp³-hybridized carbons (Fsp3) is 0.294. The maximum Gasteiger partial charge on any atom is 0.256 e. The Morgan fingerprint density at radius 2 is 2.20 bits per heavy atom. The van der Waals surface area contributed by atoms with Gasteiger partial charge in [0.15, 0.2) is 0 Å². The summed E-state index contributed by atoms with van der Waals surface area (Å²) in [6, 6.07) is 3.70. The molecule has 3 aromatic heterocycles. The molecule has 25 heavy (non-hydrogen) atoms. The number of aromatic nitrogens is 5. The number of carbonyl (C=O) groups is 1. The van der Waals surface area contributed by atoms with Gasteiger partial charge in [-0.05, 0) is 32.1 Å². The topological polar surface area (TPSA) is 97.6 Å². The van der Waals surface area contributed by atoms with Gasteiger partial charge >= 0.3 is 0 Å². The van der Waals surface area contributed by atoms with Crippen LogP contribution in [0.1, 0.15) is 31.1 Å². The van der Waals surface area contributed by atoms with Gasteiger partial charge in [-0.25, -0.2) is 4.68 Å². The Morgan fingerprint density at radius 1 is 1.40 bits per heavy atom. The van der Waals surface area contributed by atoms with Crippen LogP contribution < -0.4 is 10.9 Å². The molecule has 0 aromatic carbocycles. The number of aromatic amines is 1. The third-order valence-corrected chi connectivity index (χ3v) is 3.90. The molecule has 0 unspecified atom stereocenters. The summed E-state index contributed by atoms with van der Waals surface area (Å²) in [5, 5.41) is 11.9. The second kappa shape index (κ2) is 6.76. The normalized spacial score (nSPS) is 11.7. The van der Waals surface area contributed by atoms with E-state index in [1.807, 2.05) is 27.0 Å². The summed E-state index contributed by atoms with van der Waals surface area (Å²) >= 11 is 0. The Morgan fingerprint density at radius 3 is 2.88 bits per heavy atom. The van der Waals surface area contributed by atoms with E-state index in [9.17, 15) is 9.59 Å². The summed E-state index contributed by atoms with van der Waals surface area (Å²) in [5.74, 6) is -0.279. The van der Waals surface area contributed by atoms with Crippen molar-refractivity contribution in [1.82, 2.24) is 29.9 Å². The van der Waals surface area contributed by atoms with Crippen LogP contribution >= 0.6 is 0 Å². The van der Waals surface area contributed by atoms with E-state index in [1.54, 1.807) is 27.8 Å². The Hall–Kier alpha value is -3.16. The zero-order valence-electron chi connectivity index (χ0n) is 14.4. The number of nitrogens with one attached hydrogen (secondary N) is 2. The summed E-state index contributed by atoms with van der Waals surface area (Å²) in [5.41, 5.74) is 1.72. The Kier molecular flexibility index (Phi) is 4.51. The highest BCUT2D eigenvalue weighted by Crippen LogP contribution is 2.15. The number of rotatable bonds is 5. The lowest BCUT2D eigenvalue weighted by atomic mass is 10.2. The zero-order chi connectivity index (χ0) is 18.0. The van der Waals surface area contributed by atoms with Gasteiger partial charge in [0, 0.05) is 36.3 Å². The number of carbonyl (C=O) groups excluding carboxylic acids is 1. The van der Waals surface area contributed by atoms with Gasteiger partial charge in [-0.3, -0.25) is 14.3 Å². The van der Waals surface area contributed by atoms with Crippen molar-refractivity contribution < 1.29 is 4.79 Å². The molecule has 2 N–H and O–H groups in total. The van der Waals surface area contributed by atoms with Gasteiger partial charge in [-0.15, -0.1) is 0 Å². The zero-order valence-corrected chi connectivity index (χ0v) is 14.4. The van der Waals surface area contributed by atoms with Crippen LogP contribution in [0, 0.1) is 0 Å². The van der Waals surface area contributed by atoms with Gasteiger partial charge in [-0.2, -0.15) is 10.2 Å². The molecule has 3 rings (SSSR count). The van der Waals surface area contributed by atoms with E-state index >= 15 is 0 Å². The number of hydrogen-bond acceptors (Lipinski definition) is 4. The van der Waals surface area contributed by atoms with Gasteiger partial charge in [0.1, 0.15) is 5.65 Å². The monoisotopic (exact) mass is 340 g/mol. The first-order chi connectivity index (χ1) is 12.0. The molecular weight excluding hydrogens is 320 g/mol. The van der Waals surface area contributed by atoms with Gasteiger partial charge in [0.25, 0.3) is 5.56 Å². The van der Waals surface area contributed by atoms with Crippen molar-refractivity contribution in [2.75, 3.05) is 0 Å². The maximum absolute atomic E-state index is 12.2. The minimum absolute atomic E-state index is 0.146. The first kappa shape index (κ1) is 16.7. The Balaban J connectivity index is 1.74. The Bertz CT molecular complexity index is 992. The molecule has 0 saturated heterocycles. The first-order valence-electron chi connectivity index (χ1n) is 7.99. The molecule has 0 radical (unpaired) electrons. The molecule has 0 spiro atoms. The number of hydrogen-bond donors (Lipinski definition) is 2. The minimum atomic E-state index is -0.279. The van der Waals surface area contributed by atoms with E-state index in [-0.39, 0.29) is 17.5 Å². The fourth-order valence-electron chi connectivity index (χ4n) is 2.52. The third-order valence-electron chi connectivity index (χ3n) is 3.90. The van der Waals surface area contributed by atoms with Crippen molar-refractivity contribution in [3.63, 3.8) is 0 Å². The standard InChI is InChI=1S/C17H20N6O2/c1-11(2)23-16-13(9-20-23)8-12(17(25)21-16)4-5-15(24)18-10-14-6-7-19-22(14)3/h4-9,11H,10H2,1-3H3,(H,18,24)(H,21,25). The number of nitrogens with zero attached hydrogens (tertiary/aromatic N) is 4. The van der Waals surface area contributed by atoms with Crippen LogP contribution in [0.4, 0.5) is 0 Å². The minimum Gasteiger partial charge on any atom is -0.347 e. The van der Waals surface area contributed by atoms with Crippen LogP contribution in [-0.2, 0) is 18.4 Å². The molecule has 0 aliphatic carbocycles. The lowest BCUT2D eigenvalue weighted by Crippen LogP contribution is -2.22. The number of pyridine rings is 1. The number of amides is 1. The summed E-state index contributed by atoms with van der Waals surface area (Å²) in [6.45, 7) is 4.35. The van der Waals surface area contributed by atoms with E-state index in [1.165, 1.54) is 12.2 Å². The molecule has 130 valence electrons. The molecule has 0 fully saturated rings. The average molecular weight is 340 g/mol. The summed E-state index contributed by atoms with van der Waals surface area (Å²) < 4.78 is 3.44. The van der Waals surface area contributed by atoms with Crippen molar-refractivity contribution in [3.05, 3.63) is 52.2 Å². The molecule has 3 heterocycles. The van der Waals surface area contributed by atoms with E-state index < -0.39 is 0 Å². The van der Waals surface area contributed by atoms with Gasteiger partial charge in [-0.1, -0.05) is 0 Å². The van der Waals surface area contributed by atoms with Crippen LogP contribution in [0.3, 0.4) is 0 Å². The first-order valence-corrected chi connectivity index (χ1v) is 7.99. The quantitative estimate of drug-likeness (QED) is 0.685. The average Bonchev–Trinajstić information content (AvgIpc) is 3.16. The molecule has 0 aliphatic rings. The highest BCUT2D eigenvalue weighted by Gasteiger charge is 2.09. The number of H-pyrrole nitrogens is 1. The van der Waals surface area contributed by atoms with E-state index in [4.69, 9.17) is 0 Å². The summed E-state index contributed by atoms with van der Waals surface area (Å²) in [6.07, 6.45) is 6.22. The number of fused-ring (bicyclic) bond motifs is 1. The van der Waals surface area contributed by atoms with Crippen LogP contribution in [0.5, 0.6) is 0 Å². The summed E-state index contributed by atoms with van der Waals surface area (Å²) in [4.78, 5) is 27.0. The lowest BCUT2D eigenvalue weighted by molar-refractivity contribution is -0.116. The molecule has 0 aliphatic heterocycles. The highest BCUT2D eigenvalue weighted by atomic mass is 16.1. The van der Waals surface area contributed by atoms with Crippen molar-refractivity contribution in [1.29, 1.82) is 0 Å².